The predicted molar refractivity (Wildman–Crippen MR) is 140 cm³/mol. The van der Waals surface area contributed by atoms with Crippen molar-refractivity contribution in [2.45, 2.75) is 81.6 Å². The molecule has 10 heteroatoms. The van der Waals surface area contributed by atoms with Crippen molar-refractivity contribution < 1.29 is 18.7 Å². The number of oxazole rings is 1. The van der Waals surface area contributed by atoms with E-state index in [1.54, 1.807) is 24.2 Å². The van der Waals surface area contributed by atoms with E-state index in [0.717, 1.165) is 61.7 Å². The van der Waals surface area contributed by atoms with E-state index in [-0.39, 0.29) is 23.2 Å². The first-order valence-corrected chi connectivity index (χ1v) is 14.3. The highest BCUT2D eigenvalue weighted by molar-refractivity contribution is 8.00. The van der Waals surface area contributed by atoms with Gasteiger partial charge < -0.3 is 19.4 Å². The third-order valence-electron chi connectivity index (χ3n) is 5.96. The van der Waals surface area contributed by atoms with Gasteiger partial charge in [0.25, 0.3) is 0 Å². The van der Waals surface area contributed by atoms with Gasteiger partial charge in [0.2, 0.25) is 11.8 Å². The second-order valence-corrected chi connectivity index (χ2v) is 12.2. The van der Waals surface area contributed by atoms with Gasteiger partial charge in [-0.25, -0.2) is 9.97 Å². The van der Waals surface area contributed by atoms with E-state index < -0.39 is 0 Å². The van der Waals surface area contributed by atoms with E-state index in [1.807, 2.05) is 6.92 Å². The monoisotopic (exact) mass is 522 g/mol. The maximum absolute atomic E-state index is 12.7. The largest absolute Gasteiger partial charge is 0.466 e. The molecule has 35 heavy (non-hydrogen) atoms. The fourth-order valence-corrected chi connectivity index (χ4v) is 5.61. The van der Waals surface area contributed by atoms with E-state index in [2.05, 4.69) is 41.0 Å². The normalized spacial score (nSPS) is 15.3. The Morgan fingerprint density at radius 3 is 2.66 bits per heavy atom. The summed E-state index contributed by atoms with van der Waals surface area (Å²) in [7, 11) is 0. The molecule has 194 valence electrons. The molecule has 0 atom stereocenters. The van der Waals surface area contributed by atoms with Crippen LogP contribution in [0.5, 0.6) is 0 Å². The number of rotatable bonds is 12. The zero-order valence-electron chi connectivity index (χ0n) is 21.3. The van der Waals surface area contributed by atoms with Gasteiger partial charge in [0.1, 0.15) is 5.76 Å². The Morgan fingerprint density at radius 2 is 1.97 bits per heavy atom. The topological polar surface area (TPSA) is 97.6 Å². The summed E-state index contributed by atoms with van der Waals surface area (Å²) in [6.07, 6.45) is 8.80. The van der Waals surface area contributed by atoms with Crippen molar-refractivity contribution in [3.05, 3.63) is 24.0 Å². The van der Waals surface area contributed by atoms with Gasteiger partial charge in [-0.3, -0.25) is 9.59 Å². The van der Waals surface area contributed by atoms with E-state index in [4.69, 9.17) is 9.15 Å². The molecule has 8 nitrogen and oxygen atoms in total. The minimum Gasteiger partial charge on any atom is -0.466 e. The van der Waals surface area contributed by atoms with Gasteiger partial charge in [0, 0.05) is 17.8 Å². The minimum atomic E-state index is -0.102. The van der Waals surface area contributed by atoms with Crippen LogP contribution in [0.15, 0.2) is 21.0 Å². The average molecular weight is 523 g/mol. The van der Waals surface area contributed by atoms with Gasteiger partial charge in [0.05, 0.1) is 29.0 Å². The molecular weight excluding hydrogens is 484 g/mol. The molecule has 1 aliphatic rings. The third-order valence-corrected chi connectivity index (χ3v) is 8.06. The third kappa shape index (κ3) is 9.24. The quantitative estimate of drug-likeness (QED) is 0.222. The second-order valence-electron chi connectivity index (χ2n) is 9.86. The van der Waals surface area contributed by atoms with Crippen LogP contribution >= 0.6 is 23.1 Å². The van der Waals surface area contributed by atoms with E-state index >= 15 is 0 Å². The summed E-state index contributed by atoms with van der Waals surface area (Å²) in [5, 5.41) is 3.65. The van der Waals surface area contributed by atoms with Crippen LogP contribution in [0.4, 0.5) is 5.13 Å². The number of likely N-dealkylation sites (tertiary alicyclic amines) is 1. The Bertz CT molecular complexity index is 945. The number of nitrogens with one attached hydrogen (secondary N) is 1. The summed E-state index contributed by atoms with van der Waals surface area (Å²) >= 11 is 3.10. The van der Waals surface area contributed by atoms with Gasteiger partial charge in [-0.05, 0) is 52.2 Å². The standard InChI is InChI=1S/C25H38N4O4S2/c1-5-32-21(30)9-7-6-8-12-29-13-10-18(11-14-29)23(31)28-24-27-16-22(35-24)34-17-20-26-15-19(33-20)25(2,3)4/h15-16,18H,5-14,17H2,1-4H3,(H,27,28,31). The van der Waals surface area contributed by atoms with Crippen molar-refractivity contribution in [1.82, 2.24) is 14.9 Å². The van der Waals surface area contributed by atoms with Crippen molar-refractivity contribution in [3.63, 3.8) is 0 Å². The summed E-state index contributed by atoms with van der Waals surface area (Å²) in [6.45, 7) is 11.5. The predicted octanol–water partition coefficient (Wildman–Crippen LogP) is 5.49. The lowest BCUT2D eigenvalue weighted by molar-refractivity contribution is -0.143. The van der Waals surface area contributed by atoms with Gasteiger partial charge in [-0.15, -0.1) is 11.8 Å². The van der Waals surface area contributed by atoms with E-state index in [9.17, 15) is 9.59 Å². The molecule has 2 aromatic heterocycles. The number of esters is 1. The van der Waals surface area contributed by atoms with Crippen LogP contribution in [0.3, 0.4) is 0 Å². The molecule has 1 saturated heterocycles. The molecule has 0 unspecified atom stereocenters. The molecule has 0 radical (unpaired) electrons. The number of anilines is 1. The number of amides is 1. The molecule has 1 amide bonds. The maximum atomic E-state index is 12.7. The van der Waals surface area contributed by atoms with E-state index in [1.165, 1.54) is 11.3 Å². The van der Waals surface area contributed by atoms with Crippen LogP contribution in [0, 0.1) is 5.92 Å². The Labute approximate surface area is 216 Å². The number of hydrogen-bond acceptors (Lipinski definition) is 9. The van der Waals surface area contributed by atoms with Crippen LogP contribution in [0.25, 0.3) is 0 Å². The van der Waals surface area contributed by atoms with Gasteiger partial charge in [-0.1, -0.05) is 38.5 Å². The Balaban J connectivity index is 1.32. The van der Waals surface area contributed by atoms with Crippen LogP contribution in [0.2, 0.25) is 0 Å². The number of thiazole rings is 1. The number of hydrogen-bond donors (Lipinski definition) is 1. The highest BCUT2D eigenvalue weighted by atomic mass is 32.2. The SMILES string of the molecule is CCOC(=O)CCCCCN1CCC(C(=O)Nc2ncc(SCc3ncc(C(C)(C)C)o3)s2)CC1. The molecule has 1 fully saturated rings. The fourth-order valence-electron chi connectivity index (χ4n) is 3.88. The highest BCUT2D eigenvalue weighted by Crippen LogP contribution is 2.32. The highest BCUT2D eigenvalue weighted by Gasteiger charge is 2.25. The molecule has 3 heterocycles. The summed E-state index contributed by atoms with van der Waals surface area (Å²) in [5.74, 6) is 2.20. The number of thioether (sulfide) groups is 1. The first-order chi connectivity index (χ1) is 16.7. The lowest BCUT2D eigenvalue weighted by Gasteiger charge is -2.31. The molecule has 0 bridgehead atoms. The number of unbranched alkanes of at least 4 members (excludes halogenated alkanes) is 2. The van der Waals surface area contributed by atoms with Crippen molar-refractivity contribution in [3.8, 4) is 0 Å². The first kappa shape index (κ1) is 27.7. The smallest absolute Gasteiger partial charge is 0.305 e. The summed E-state index contributed by atoms with van der Waals surface area (Å²) in [6, 6.07) is 0. The van der Waals surface area contributed by atoms with Gasteiger partial charge >= 0.3 is 5.97 Å². The lowest BCUT2D eigenvalue weighted by Crippen LogP contribution is -2.38. The maximum Gasteiger partial charge on any atom is 0.305 e. The Kier molecular flexibility index (Phi) is 10.6. The van der Waals surface area contributed by atoms with Crippen LogP contribution in [-0.4, -0.2) is 53.0 Å². The number of carbonyl (C=O) groups excluding carboxylic acids is 2. The van der Waals surface area contributed by atoms with Gasteiger partial charge in [0.15, 0.2) is 5.13 Å². The van der Waals surface area contributed by atoms with Crippen LogP contribution in [0.1, 0.15) is 77.9 Å². The first-order valence-electron chi connectivity index (χ1n) is 12.5. The molecule has 0 saturated carbocycles. The minimum absolute atomic E-state index is 0.0261. The summed E-state index contributed by atoms with van der Waals surface area (Å²) in [5.41, 5.74) is -0.0562. The Hall–Kier alpha value is -1.91. The average Bonchev–Trinajstić information content (AvgIpc) is 3.47. The number of aromatic nitrogens is 2. The number of nitrogens with zero attached hydrogens (tertiary/aromatic N) is 3. The number of piperidine rings is 1. The zero-order chi connectivity index (χ0) is 25.3. The number of carbonyl (C=O) groups is 2. The molecular formula is C25H38N4O4S2. The van der Waals surface area contributed by atoms with Gasteiger partial charge in [-0.2, -0.15) is 0 Å². The summed E-state index contributed by atoms with van der Waals surface area (Å²) < 4.78 is 11.8. The molecule has 1 aliphatic heterocycles. The molecule has 3 rings (SSSR count). The van der Waals surface area contributed by atoms with E-state index in [0.29, 0.717) is 29.8 Å². The molecule has 0 spiro atoms. The molecule has 1 N–H and O–H groups in total. The van der Waals surface area contributed by atoms with Crippen molar-refractivity contribution >= 4 is 40.1 Å². The van der Waals surface area contributed by atoms with Crippen LogP contribution < -0.4 is 5.32 Å². The molecule has 0 aliphatic carbocycles. The van der Waals surface area contributed by atoms with Crippen LogP contribution in [-0.2, 0) is 25.5 Å². The summed E-state index contributed by atoms with van der Waals surface area (Å²) in [4.78, 5) is 35.3. The zero-order valence-corrected chi connectivity index (χ0v) is 22.9. The fraction of sp³-hybridized carbons (Fsp3) is 0.680. The molecule has 2 aromatic rings. The van der Waals surface area contributed by atoms with Crippen molar-refractivity contribution in [1.29, 1.82) is 0 Å². The number of ether oxygens (including phenoxy) is 1. The van der Waals surface area contributed by atoms with Crippen molar-refractivity contribution in [2.24, 2.45) is 5.92 Å². The Morgan fingerprint density at radius 1 is 1.20 bits per heavy atom. The van der Waals surface area contributed by atoms with Crippen molar-refractivity contribution in [2.75, 3.05) is 31.6 Å². The molecule has 0 aromatic carbocycles. The second kappa shape index (κ2) is 13.4. The lowest BCUT2D eigenvalue weighted by atomic mass is 9.94.